The zero-order chi connectivity index (χ0) is 14.8. The Morgan fingerprint density at radius 3 is 3.05 bits per heavy atom. The van der Waals surface area contributed by atoms with E-state index >= 15 is 0 Å². The van der Waals surface area contributed by atoms with Crippen LogP contribution in [0.3, 0.4) is 0 Å². The van der Waals surface area contributed by atoms with Crippen molar-refractivity contribution in [2.45, 2.75) is 24.4 Å². The molecule has 21 heavy (non-hydrogen) atoms. The standard InChI is InChI=1S/C13H15ClN4O2S/c1-8-16-17-13(18(8)3-2-15)21-6-9-4-10(14)12-11(5-9)19-7-20-12/h4-5H,2-3,6-7,15H2,1H3. The highest BCUT2D eigenvalue weighted by Crippen LogP contribution is 2.40. The van der Waals surface area contributed by atoms with Crippen LogP contribution in [-0.4, -0.2) is 28.1 Å². The maximum atomic E-state index is 6.18. The van der Waals surface area contributed by atoms with Gasteiger partial charge in [-0.3, -0.25) is 0 Å². The highest BCUT2D eigenvalue weighted by molar-refractivity contribution is 7.98. The summed E-state index contributed by atoms with van der Waals surface area (Å²) in [7, 11) is 0. The van der Waals surface area contributed by atoms with Crippen molar-refractivity contribution in [1.82, 2.24) is 14.8 Å². The molecule has 0 unspecified atom stereocenters. The molecule has 1 aliphatic rings. The van der Waals surface area contributed by atoms with Crippen LogP contribution < -0.4 is 15.2 Å². The number of hydrogen-bond acceptors (Lipinski definition) is 6. The van der Waals surface area contributed by atoms with Gasteiger partial charge in [0.25, 0.3) is 0 Å². The molecule has 1 aromatic heterocycles. The van der Waals surface area contributed by atoms with Crippen molar-refractivity contribution in [2.75, 3.05) is 13.3 Å². The van der Waals surface area contributed by atoms with Crippen LogP contribution in [0.15, 0.2) is 17.3 Å². The van der Waals surface area contributed by atoms with E-state index in [4.69, 9.17) is 26.8 Å². The molecule has 0 aliphatic carbocycles. The Balaban J connectivity index is 1.75. The normalized spacial score (nSPS) is 12.9. The lowest BCUT2D eigenvalue weighted by Crippen LogP contribution is -2.12. The summed E-state index contributed by atoms with van der Waals surface area (Å²) < 4.78 is 12.7. The number of nitrogens with zero attached hydrogens (tertiary/aromatic N) is 3. The van der Waals surface area contributed by atoms with Crippen molar-refractivity contribution in [2.24, 2.45) is 5.73 Å². The minimum Gasteiger partial charge on any atom is -0.454 e. The maximum Gasteiger partial charge on any atom is 0.231 e. The third-order valence-electron chi connectivity index (χ3n) is 3.11. The van der Waals surface area contributed by atoms with Gasteiger partial charge in [0.15, 0.2) is 16.7 Å². The number of fused-ring (bicyclic) bond motifs is 1. The van der Waals surface area contributed by atoms with Gasteiger partial charge in [0.05, 0.1) is 5.02 Å². The Morgan fingerprint density at radius 1 is 1.38 bits per heavy atom. The summed E-state index contributed by atoms with van der Waals surface area (Å²) in [5.74, 6) is 2.90. The van der Waals surface area contributed by atoms with Crippen LogP contribution in [0, 0.1) is 6.92 Å². The van der Waals surface area contributed by atoms with E-state index in [0.717, 1.165) is 22.3 Å². The molecule has 6 nitrogen and oxygen atoms in total. The first-order valence-electron chi connectivity index (χ1n) is 6.49. The van der Waals surface area contributed by atoms with Gasteiger partial charge in [-0.2, -0.15) is 0 Å². The Bertz CT molecular complexity index is 662. The predicted molar refractivity (Wildman–Crippen MR) is 80.9 cm³/mol. The van der Waals surface area contributed by atoms with Crippen LogP contribution in [0.5, 0.6) is 11.5 Å². The molecule has 0 saturated carbocycles. The zero-order valence-corrected chi connectivity index (χ0v) is 13.1. The second-order valence-electron chi connectivity index (χ2n) is 4.57. The largest absolute Gasteiger partial charge is 0.454 e. The van der Waals surface area contributed by atoms with Gasteiger partial charge in [-0.25, -0.2) is 0 Å². The molecule has 1 aliphatic heterocycles. The summed E-state index contributed by atoms with van der Waals surface area (Å²) in [4.78, 5) is 0. The highest BCUT2D eigenvalue weighted by Gasteiger charge is 2.18. The number of thioether (sulfide) groups is 1. The van der Waals surface area contributed by atoms with Gasteiger partial charge in [0, 0.05) is 18.8 Å². The van der Waals surface area contributed by atoms with Crippen molar-refractivity contribution in [1.29, 1.82) is 0 Å². The Hall–Kier alpha value is -1.44. The van der Waals surface area contributed by atoms with E-state index in [1.165, 1.54) is 0 Å². The molecule has 2 aromatic rings. The molecule has 0 spiro atoms. The fourth-order valence-electron chi connectivity index (χ4n) is 2.11. The van der Waals surface area contributed by atoms with Gasteiger partial charge in [-0.05, 0) is 24.6 Å². The number of halogens is 1. The first-order chi connectivity index (χ1) is 10.2. The van der Waals surface area contributed by atoms with Crippen molar-refractivity contribution >= 4 is 23.4 Å². The molecule has 2 N–H and O–H groups in total. The summed E-state index contributed by atoms with van der Waals surface area (Å²) in [5, 5.41) is 9.69. The predicted octanol–water partition coefficient (Wildman–Crippen LogP) is 2.22. The second kappa shape index (κ2) is 6.13. The smallest absolute Gasteiger partial charge is 0.231 e. The molecule has 0 bridgehead atoms. The van der Waals surface area contributed by atoms with E-state index in [-0.39, 0.29) is 6.79 Å². The molecule has 0 fully saturated rings. The summed E-state index contributed by atoms with van der Waals surface area (Å²) >= 11 is 7.77. The monoisotopic (exact) mass is 326 g/mol. The van der Waals surface area contributed by atoms with Crippen LogP contribution >= 0.6 is 23.4 Å². The molecular formula is C13H15ClN4O2S. The number of aromatic nitrogens is 3. The van der Waals surface area contributed by atoms with Crippen molar-refractivity contribution < 1.29 is 9.47 Å². The number of nitrogens with two attached hydrogens (primary N) is 1. The first-order valence-corrected chi connectivity index (χ1v) is 7.86. The number of ether oxygens (including phenoxy) is 2. The topological polar surface area (TPSA) is 75.2 Å². The van der Waals surface area contributed by atoms with Crippen LogP contribution in [-0.2, 0) is 12.3 Å². The van der Waals surface area contributed by atoms with Crippen molar-refractivity contribution in [3.63, 3.8) is 0 Å². The number of aryl methyl sites for hydroxylation is 1. The quantitative estimate of drug-likeness (QED) is 0.849. The lowest BCUT2D eigenvalue weighted by molar-refractivity contribution is 0.174. The van der Waals surface area contributed by atoms with E-state index in [2.05, 4.69) is 10.2 Å². The van der Waals surface area contributed by atoms with Crippen LogP contribution in [0.2, 0.25) is 5.02 Å². The van der Waals surface area contributed by atoms with Gasteiger partial charge in [0.1, 0.15) is 5.82 Å². The van der Waals surface area contributed by atoms with Crippen molar-refractivity contribution in [3.8, 4) is 11.5 Å². The van der Waals surface area contributed by atoms with E-state index in [0.29, 0.717) is 29.6 Å². The lowest BCUT2D eigenvalue weighted by atomic mass is 10.2. The SMILES string of the molecule is Cc1nnc(SCc2cc(Cl)c3c(c2)OCO3)n1CCN. The molecule has 0 atom stereocenters. The third kappa shape index (κ3) is 2.95. The Kier molecular flexibility index (Phi) is 4.23. The Labute approximate surface area is 131 Å². The zero-order valence-electron chi connectivity index (χ0n) is 11.5. The third-order valence-corrected chi connectivity index (χ3v) is 4.43. The van der Waals surface area contributed by atoms with Crippen LogP contribution in [0.1, 0.15) is 11.4 Å². The van der Waals surface area contributed by atoms with Crippen LogP contribution in [0.25, 0.3) is 0 Å². The van der Waals surface area contributed by atoms with E-state index in [1.807, 2.05) is 23.6 Å². The van der Waals surface area contributed by atoms with Gasteiger partial charge in [-0.1, -0.05) is 23.4 Å². The molecule has 8 heteroatoms. The molecule has 0 amide bonds. The molecule has 0 radical (unpaired) electrons. The minimum absolute atomic E-state index is 0.218. The van der Waals surface area contributed by atoms with E-state index in [1.54, 1.807) is 11.8 Å². The number of hydrogen-bond donors (Lipinski definition) is 1. The lowest BCUT2D eigenvalue weighted by Gasteiger charge is -2.07. The number of benzene rings is 1. The molecule has 2 heterocycles. The Morgan fingerprint density at radius 2 is 2.24 bits per heavy atom. The number of rotatable bonds is 5. The fourth-order valence-corrected chi connectivity index (χ4v) is 3.33. The van der Waals surface area contributed by atoms with Gasteiger partial charge >= 0.3 is 0 Å². The van der Waals surface area contributed by atoms with E-state index in [9.17, 15) is 0 Å². The molecular weight excluding hydrogens is 312 g/mol. The average molecular weight is 327 g/mol. The summed E-state index contributed by atoms with van der Waals surface area (Å²) in [6.45, 7) is 3.41. The average Bonchev–Trinajstić information content (AvgIpc) is 3.06. The molecule has 112 valence electrons. The minimum atomic E-state index is 0.218. The molecule has 0 saturated heterocycles. The molecule has 3 rings (SSSR count). The summed E-state index contributed by atoms with van der Waals surface area (Å²) in [6, 6.07) is 3.83. The van der Waals surface area contributed by atoms with Gasteiger partial charge in [0.2, 0.25) is 6.79 Å². The fraction of sp³-hybridized carbons (Fsp3) is 0.385. The van der Waals surface area contributed by atoms with Gasteiger partial charge < -0.3 is 19.8 Å². The van der Waals surface area contributed by atoms with Crippen molar-refractivity contribution in [3.05, 3.63) is 28.5 Å². The van der Waals surface area contributed by atoms with Gasteiger partial charge in [-0.15, -0.1) is 10.2 Å². The first kappa shape index (κ1) is 14.5. The van der Waals surface area contributed by atoms with Crippen LogP contribution in [0.4, 0.5) is 0 Å². The highest BCUT2D eigenvalue weighted by atomic mass is 35.5. The summed E-state index contributed by atoms with van der Waals surface area (Å²) in [5.41, 5.74) is 6.66. The maximum absolute atomic E-state index is 6.18. The molecule has 1 aromatic carbocycles. The second-order valence-corrected chi connectivity index (χ2v) is 5.92. The summed E-state index contributed by atoms with van der Waals surface area (Å²) in [6.07, 6.45) is 0. The van der Waals surface area contributed by atoms with E-state index < -0.39 is 0 Å².